The standard InChI is InChI=1S/C23H15ClF2O4/c24-16-6-3-4-14(10-16)13-28-17-8-9-18-20(12-17)29-21(22(18)27)11-15-5-1-2-7-19(15)30-23(25)26/h1-12,23H,13H2/b21-11-. The van der Waals surface area contributed by atoms with Gasteiger partial charge in [-0.2, -0.15) is 8.78 Å². The van der Waals surface area contributed by atoms with Gasteiger partial charge in [0, 0.05) is 16.7 Å². The van der Waals surface area contributed by atoms with E-state index in [0.29, 0.717) is 34.3 Å². The molecule has 4 nitrogen and oxygen atoms in total. The molecule has 3 aromatic rings. The van der Waals surface area contributed by atoms with Crippen LogP contribution in [0.3, 0.4) is 0 Å². The minimum Gasteiger partial charge on any atom is -0.489 e. The number of hydrogen-bond acceptors (Lipinski definition) is 4. The summed E-state index contributed by atoms with van der Waals surface area (Å²) in [5.74, 6) is 0.477. The molecule has 0 amide bonds. The SMILES string of the molecule is O=C1/C(=C/c2ccccc2OC(F)F)Oc2cc(OCc3cccc(Cl)c3)ccc21. The normalized spacial score (nSPS) is 14.0. The Labute approximate surface area is 176 Å². The van der Waals surface area contributed by atoms with Gasteiger partial charge in [-0.15, -0.1) is 0 Å². The maximum Gasteiger partial charge on any atom is 0.387 e. The number of benzene rings is 3. The van der Waals surface area contributed by atoms with Crippen LogP contribution in [0.15, 0.2) is 72.5 Å². The Bertz CT molecular complexity index is 1130. The summed E-state index contributed by atoms with van der Waals surface area (Å²) < 4.78 is 41.1. The fourth-order valence-electron chi connectivity index (χ4n) is 2.99. The van der Waals surface area contributed by atoms with Crippen molar-refractivity contribution < 1.29 is 27.8 Å². The van der Waals surface area contributed by atoms with Crippen LogP contribution in [0.5, 0.6) is 17.2 Å². The van der Waals surface area contributed by atoms with Gasteiger partial charge in [-0.3, -0.25) is 4.79 Å². The van der Waals surface area contributed by atoms with Gasteiger partial charge in [0.2, 0.25) is 5.78 Å². The van der Waals surface area contributed by atoms with Crippen LogP contribution in [-0.4, -0.2) is 12.4 Å². The molecule has 0 radical (unpaired) electrons. The molecule has 1 aliphatic heterocycles. The van der Waals surface area contributed by atoms with Crippen molar-refractivity contribution in [1.82, 2.24) is 0 Å². The Morgan fingerprint density at radius 2 is 1.87 bits per heavy atom. The van der Waals surface area contributed by atoms with Crippen molar-refractivity contribution in [2.24, 2.45) is 0 Å². The third kappa shape index (κ3) is 4.44. The first kappa shape index (κ1) is 19.9. The molecule has 0 aromatic heterocycles. The van der Waals surface area contributed by atoms with Gasteiger partial charge in [0.05, 0.1) is 5.56 Å². The summed E-state index contributed by atoms with van der Waals surface area (Å²) in [6, 6.07) is 18.4. The lowest BCUT2D eigenvalue weighted by Gasteiger charge is -2.08. The largest absolute Gasteiger partial charge is 0.489 e. The van der Waals surface area contributed by atoms with Crippen LogP contribution in [0.2, 0.25) is 5.02 Å². The van der Waals surface area contributed by atoms with E-state index in [1.807, 2.05) is 12.1 Å². The number of para-hydroxylation sites is 1. The number of halogens is 3. The zero-order chi connectivity index (χ0) is 21.1. The van der Waals surface area contributed by atoms with E-state index in [2.05, 4.69) is 4.74 Å². The van der Waals surface area contributed by atoms with E-state index in [1.54, 1.807) is 48.5 Å². The minimum absolute atomic E-state index is 0.0160. The molecule has 30 heavy (non-hydrogen) atoms. The molecule has 0 saturated carbocycles. The van der Waals surface area contributed by atoms with Crippen LogP contribution in [0.4, 0.5) is 8.78 Å². The lowest BCUT2D eigenvalue weighted by molar-refractivity contribution is -0.0499. The smallest absolute Gasteiger partial charge is 0.387 e. The predicted octanol–water partition coefficient (Wildman–Crippen LogP) is 6.14. The number of rotatable bonds is 6. The van der Waals surface area contributed by atoms with Crippen LogP contribution in [0.25, 0.3) is 6.08 Å². The summed E-state index contributed by atoms with van der Waals surface area (Å²) in [7, 11) is 0. The number of fused-ring (bicyclic) bond motifs is 1. The van der Waals surface area contributed by atoms with Crippen molar-refractivity contribution >= 4 is 23.5 Å². The minimum atomic E-state index is -2.97. The van der Waals surface area contributed by atoms with E-state index >= 15 is 0 Å². The van der Waals surface area contributed by atoms with Crippen molar-refractivity contribution in [2.75, 3.05) is 0 Å². The number of ether oxygens (including phenoxy) is 3. The van der Waals surface area contributed by atoms with Gasteiger partial charge in [0.15, 0.2) is 5.76 Å². The first-order chi connectivity index (χ1) is 14.5. The maximum atomic E-state index is 12.6. The molecule has 0 atom stereocenters. The fourth-order valence-corrected chi connectivity index (χ4v) is 3.21. The van der Waals surface area contributed by atoms with E-state index in [1.165, 1.54) is 12.1 Å². The summed E-state index contributed by atoms with van der Waals surface area (Å²) in [5.41, 5.74) is 1.58. The molecule has 0 fully saturated rings. The zero-order valence-corrected chi connectivity index (χ0v) is 16.2. The first-order valence-corrected chi connectivity index (χ1v) is 9.37. The van der Waals surface area contributed by atoms with E-state index in [-0.39, 0.29) is 17.3 Å². The van der Waals surface area contributed by atoms with Crippen LogP contribution in [0, 0.1) is 0 Å². The number of alkyl halides is 2. The van der Waals surface area contributed by atoms with E-state index < -0.39 is 6.61 Å². The first-order valence-electron chi connectivity index (χ1n) is 8.99. The van der Waals surface area contributed by atoms with Gasteiger partial charge in [-0.05, 0) is 42.0 Å². The molecule has 0 bridgehead atoms. The van der Waals surface area contributed by atoms with Gasteiger partial charge < -0.3 is 14.2 Å². The van der Waals surface area contributed by atoms with Crippen molar-refractivity contribution in [2.45, 2.75) is 13.2 Å². The average Bonchev–Trinajstić information content (AvgIpc) is 3.02. The molecule has 1 aliphatic rings. The fraction of sp³-hybridized carbons (Fsp3) is 0.0870. The topological polar surface area (TPSA) is 44.8 Å². The highest BCUT2D eigenvalue weighted by atomic mass is 35.5. The highest BCUT2D eigenvalue weighted by molar-refractivity contribution is 6.30. The van der Waals surface area contributed by atoms with Gasteiger partial charge >= 0.3 is 6.61 Å². The lowest BCUT2D eigenvalue weighted by atomic mass is 10.1. The summed E-state index contributed by atoms with van der Waals surface area (Å²) in [6.45, 7) is -2.67. The molecule has 0 unspecified atom stereocenters. The molecule has 0 saturated heterocycles. The molecule has 3 aromatic carbocycles. The van der Waals surface area contributed by atoms with Gasteiger partial charge in [0.25, 0.3) is 0 Å². The molecule has 0 N–H and O–H groups in total. The number of carbonyl (C=O) groups is 1. The van der Waals surface area contributed by atoms with E-state index in [4.69, 9.17) is 21.1 Å². The average molecular weight is 429 g/mol. The van der Waals surface area contributed by atoms with Crippen molar-refractivity contribution in [3.05, 3.63) is 94.2 Å². The molecule has 4 rings (SSSR count). The number of allylic oxidation sites excluding steroid dienone is 1. The molecule has 152 valence electrons. The van der Waals surface area contributed by atoms with Crippen molar-refractivity contribution in [1.29, 1.82) is 0 Å². The summed E-state index contributed by atoms with van der Waals surface area (Å²) >= 11 is 5.97. The predicted molar refractivity (Wildman–Crippen MR) is 108 cm³/mol. The third-order valence-electron chi connectivity index (χ3n) is 4.36. The highest BCUT2D eigenvalue weighted by Gasteiger charge is 2.28. The molecule has 0 spiro atoms. The third-order valence-corrected chi connectivity index (χ3v) is 4.59. The van der Waals surface area contributed by atoms with Gasteiger partial charge in [-0.1, -0.05) is 41.9 Å². The van der Waals surface area contributed by atoms with Crippen molar-refractivity contribution in [3.8, 4) is 17.2 Å². The lowest BCUT2D eigenvalue weighted by Crippen LogP contribution is -2.04. The molecule has 7 heteroatoms. The second kappa shape index (κ2) is 8.55. The van der Waals surface area contributed by atoms with Crippen LogP contribution >= 0.6 is 11.6 Å². The van der Waals surface area contributed by atoms with Crippen LogP contribution in [0.1, 0.15) is 21.5 Å². The Hall–Kier alpha value is -3.38. The van der Waals surface area contributed by atoms with E-state index in [0.717, 1.165) is 5.56 Å². The van der Waals surface area contributed by atoms with Gasteiger partial charge in [-0.25, -0.2) is 0 Å². The molecule has 1 heterocycles. The molecule has 0 aliphatic carbocycles. The summed E-state index contributed by atoms with van der Waals surface area (Å²) in [5, 5.41) is 0.616. The Morgan fingerprint density at radius 3 is 2.67 bits per heavy atom. The molecular formula is C23H15ClF2O4. The summed E-state index contributed by atoms with van der Waals surface area (Å²) in [6.07, 6.45) is 1.38. The highest BCUT2D eigenvalue weighted by Crippen LogP contribution is 2.36. The van der Waals surface area contributed by atoms with Crippen LogP contribution in [-0.2, 0) is 6.61 Å². The second-order valence-electron chi connectivity index (χ2n) is 6.43. The Morgan fingerprint density at radius 1 is 1.03 bits per heavy atom. The maximum absolute atomic E-state index is 12.6. The Kier molecular flexibility index (Phi) is 5.68. The zero-order valence-electron chi connectivity index (χ0n) is 15.5. The number of hydrogen-bond donors (Lipinski definition) is 0. The Balaban J connectivity index is 1.53. The van der Waals surface area contributed by atoms with Gasteiger partial charge in [0.1, 0.15) is 23.9 Å². The van der Waals surface area contributed by atoms with Crippen LogP contribution < -0.4 is 14.2 Å². The number of Topliss-reactive ketones (excluding diaryl/α,β-unsaturated/α-hetero) is 1. The van der Waals surface area contributed by atoms with E-state index in [9.17, 15) is 13.6 Å². The molecular weight excluding hydrogens is 414 g/mol. The number of carbonyl (C=O) groups excluding carboxylic acids is 1. The monoisotopic (exact) mass is 428 g/mol. The number of ketones is 1. The second-order valence-corrected chi connectivity index (χ2v) is 6.87. The van der Waals surface area contributed by atoms with Crippen molar-refractivity contribution in [3.63, 3.8) is 0 Å². The summed E-state index contributed by atoms with van der Waals surface area (Å²) in [4.78, 5) is 12.6. The quantitative estimate of drug-likeness (QED) is 0.442.